The molecule has 24 heavy (non-hydrogen) atoms. The van der Waals surface area contributed by atoms with Crippen LogP contribution in [0.15, 0.2) is 23.0 Å². The van der Waals surface area contributed by atoms with Gasteiger partial charge in [-0.05, 0) is 18.1 Å². The molecule has 1 N–H and O–H groups in total. The van der Waals surface area contributed by atoms with Crippen molar-refractivity contribution in [1.82, 2.24) is 24.9 Å². The molecule has 130 valence electrons. The number of nitrogens with one attached hydrogen (secondary N) is 1. The third-order valence-corrected chi connectivity index (χ3v) is 4.45. The van der Waals surface area contributed by atoms with E-state index >= 15 is 0 Å². The zero-order chi connectivity index (χ0) is 17.1. The number of aromatic nitrogens is 3. The van der Waals surface area contributed by atoms with Crippen LogP contribution in [0.25, 0.3) is 0 Å². The van der Waals surface area contributed by atoms with Crippen LogP contribution in [0.1, 0.15) is 50.4 Å². The average molecular weight is 331 g/mol. The van der Waals surface area contributed by atoms with Crippen LogP contribution in [0, 0.1) is 0 Å². The molecule has 7 heteroatoms. The van der Waals surface area contributed by atoms with Gasteiger partial charge in [-0.2, -0.15) is 4.98 Å². The fourth-order valence-corrected chi connectivity index (χ4v) is 3.14. The normalized spacial score (nSPS) is 18.4. The van der Waals surface area contributed by atoms with Crippen LogP contribution < -0.4 is 0 Å². The molecule has 0 radical (unpaired) electrons. The summed E-state index contributed by atoms with van der Waals surface area (Å²) in [6.45, 7) is 8.81. The molecule has 1 saturated heterocycles. The van der Waals surface area contributed by atoms with E-state index in [-0.39, 0.29) is 17.9 Å². The summed E-state index contributed by atoms with van der Waals surface area (Å²) in [5, 5.41) is 4.01. The Bertz CT molecular complexity index is 664. The summed E-state index contributed by atoms with van der Waals surface area (Å²) in [7, 11) is 0. The van der Waals surface area contributed by atoms with Crippen molar-refractivity contribution in [3.8, 4) is 0 Å². The lowest BCUT2D eigenvalue weighted by Crippen LogP contribution is -2.40. The largest absolute Gasteiger partial charge is 0.367 e. The van der Waals surface area contributed by atoms with Gasteiger partial charge in [-0.25, -0.2) is 0 Å². The number of rotatable bonds is 6. The molecular weight excluding hydrogens is 306 g/mol. The quantitative estimate of drug-likeness (QED) is 0.877. The second-order valence-electron chi connectivity index (χ2n) is 6.75. The van der Waals surface area contributed by atoms with Crippen molar-refractivity contribution >= 4 is 5.91 Å². The molecule has 1 fully saturated rings. The maximum absolute atomic E-state index is 12.1. The van der Waals surface area contributed by atoms with Crippen molar-refractivity contribution in [3.05, 3.63) is 35.7 Å². The summed E-state index contributed by atoms with van der Waals surface area (Å²) >= 11 is 0. The Morgan fingerprint density at radius 1 is 1.54 bits per heavy atom. The first-order valence-corrected chi connectivity index (χ1v) is 8.46. The Balaban J connectivity index is 1.62. The number of carbonyl (C=O) groups is 1. The third-order valence-electron chi connectivity index (χ3n) is 4.45. The molecule has 2 aromatic rings. The van der Waals surface area contributed by atoms with Gasteiger partial charge >= 0.3 is 0 Å². The van der Waals surface area contributed by atoms with E-state index in [1.54, 1.807) is 6.92 Å². The van der Waals surface area contributed by atoms with E-state index in [0.717, 1.165) is 26.1 Å². The Kier molecular flexibility index (Phi) is 4.99. The van der Waals surface area contributed by atoms with Gasteiger partial charge in [0, 0.05) is 50.9 Å². The van der Waals surface area contributed by atoms with Crippen molar-refractivity contribution in [1.29, 1.82) is 0 Å². The van der Waals surface area contributed by atoms with Crippen molar-refractivity contribution < 1.29 is 9.32 Å². The molecule has 0 bridgehead atoms. The number of H-pyrrole nitrogens is 1. The van der Waals surface area contributed by atoms with Gasteiger partial charge in [0.25, 0.3) is 0 Å². The van der Waals surface area contributed by atoms with Gasteiger partial charge in [0.15, 0.2) is 5.82 Å². The zero-order valence-corrected chi connectivity index (χ0v) is 14.5. The highest BCUT2D eigenvalue weighted by molar-refractivity contribution is 5.73. The topological polar surface area (TPSA) is 78.3 Å². The maximum Gasteiger partial charge on any atom is 0.229 e. The van der Waals surface area contributed by atoms with Crippen molar-refractivity contribution in [3.63, 3.8) is 0 Å². The highest BCUT2D eigenvalue weighted by Gasteiger charge is 2.30. The second-order valence-corrected chi connectivity index (χ2v) is 6.75. The van der Waals surface area contributed by atoms with Crippen LogP contribution in [-0.2, 0) is 17.9 Å². The van der Waals surface area contributed by atoms with E-state index in [2.05, 4.69) is 26.1 Å². The number of likely N-dealkylation sites (tertiary alicyclic amines) is 1. The summed E-state index contributed by atoms with van der Waals surface area (Å²) in [4.78, 5) is 23.8. The van der Waals surface area contributed by atoms with E-state index in [1.165, 1.54) is 5.56 Å². The number of aromatic amines is 1. The van der Waals surface area contributed by atoms with E-state index in [9.17, 15) is 4.79 Å². The van der Waals surface area contributed by atoms with Crippen molar-refractivity contribution in [2.45, 2.75) is 52.2 Å². The number of hydrogen-bond acceptors (Lipinski definition) is 5. The van der Waals surface area contributed by atoms with Crippen molar-refractivity contribution in [2.75, 3.05) is 13.1 Å². The first-order chi connectivity index (χ1) is 11.5. The van der Waals surface area contributed by atoms with E-state index in [4.69, 9.17) is 4.52 Å². The molecule has 0 aliphatic carbocycles. The van der Waals surface area contributed by atoms with Gasteiger partial charge in [0.2, 0.25) is 11.8 Å². The molecule has 1 aliphatic heterocycles. The SMILES string of the molecule is CC(=O)N(Cc1noc(C(C)C)n1)C1CCN(Cc2cc[nH]c2)C1. The Hall–Kier alpha value is -2.15. The summed E-state index contributed by atoms with van der Waals surface area (Å²) in [5.74, 6) is 1.45. The molecule has 7 nitrogen and oxygen atoms in total. The minimum atomic E-state index is 0.0550. The molecule has 1 unspecified atom stereocenters. The highest BCUT2D eigenvalue weighted by atomic mass is 16.5. The smallest absolute Gasteiger partial charge is 0.229 e. The Morgan fingerprint density at radius 3 is 3.00 bits per heavy atom. The van der Waals surface area contributed by atoms with Crippen LogP contribution in [-0.4, -0.2) is 50.0 Å². The lowest BCUT2D eigenvalue weighted by atomic mass is 10.2. The molecule has 3 rings (SSSR count). The summed E-state index contributed by atoms with van der Waals surface area (Å²) in [6.07, 6.45) is 4.93. The molecule has 1 aliphatic rings. The lowest BCUT2D eigenvalue weighted by Gasteiger charge is -2.27. The van der Waals surface area contributed by atoms with Crippen LogP contribution in [0.4, 0.5) is 0 Å². The number of amides is 1. The van der Waals surface area contributed by atoms with E-state index in [0.29, 0.717) is 18.3 Å². The first kappa shape index (κ1) is 16.7. The minimum Gasteiger partial charge on any atom is -0.367 e. The maximum atomic E-state index is 12.1. The predicted molar refractivity (Wildman–Crippen MR) is 89.1 cm³/mol. The molecule has 0 saturated carbocycles. The van der Waals surface area contributed by atoms with Crippen LogP contribution >= 0.6 is 0 Å². The number of hydrogen-bond donors (Lipinski definition) is 1. The summed E-state index contributed by atoms with van der Waals surface area (Å²) < 4.78 is 5.25. The number of nitrogens with zero attached hydrogens (tertiary/aromatic N) is 4. The van der Waals surface area contributed by atoms with Gasteiger partial charge in [0.1, 0.15) is 0 Å². The van der Waals surface area contributed by atoms with Crippen LogP contribution in [0.2, 0.25) is 0 Å². The lowest BCUT2D eigenvalue weighted by molar-refractivity contribution is -0.131. The van der Waals surface area contributed by atoms with Gasteiger partial charge < -0.3 is 14.4 Å². The van der Waals surface area contributed by atoms with Gasteiger partial charge in [-0.15, -0.1) is 0 Å². The van der Waals surface area contributed by atoms with Gasteiger partial charge in [0.05, 0.1) is 6.54 Å². The molecule has 1 amide bonds. The monoisotopic (exact) mass is 331 g/mol. The molecule has 1 atom stereocenters. The fourth-order valence-electron chi connectivity index (χ4n) is 3.14. The molecule has 2 aromatic heterocycles. The van der Waals surface area contributed by atoms with Crippen LogP contribution in [0.5, 0.6) is 0 Å². The van der Waals surface area contributed by atoms with Gasteiger partial charge in [-0.3, -0.25) is 9.69 Å². The predicted octanol–water partition coefficient (Wildman–Crippen LogP) is 2.14. The fraction of sp³-hybridized carbons (Fsp3) is 0.588. The Morgan fingerprint density at radius 2 is 2.38 bits per heavy atom. The molecule has 3 heterocycles. The van der Waals surface area contributed by atoms with E-state index < -0.39 is 0 Å². The first-order valence-electron chi connectivity index (χ1n) is 8.46. The number of carbonyl (C=O) groups excluding carboxylic acids is 1. The third kappa shape index (κ3) is 3.84. The molecular formula is C17H25N5O2. The molecule has 0 aromatic carbocycles. The second kappa shape index (κ2) is 7.17. The van der Waals surface area contributed by atoms with E-state index in [1.807, 2.05) is 31.1 Å². The van der Waals surface area contributed by atoms with Crippen LogP contribution in [0.3, 0.4) is 0 Å². The average Bonchev–Trinajstić information content (AvgIpc) is 3.26. The van der Waals surface area contributed by atoms with Crippen molar-refractivity contribution in [2.24, 2.45) is 0 Å². The minimum absolute atomic E-state index is 0.0550. The molecule has 0 spiro atoms. The summed E-state index contributed by atoms with van der Waals surface area (Å²) in [5.41, 5.74) is 1.27. The summed E-state index contributed by atoms with van der Waals surface area (Å²) in [6, 6.07) is 2.28. The highest BCUT2D eigenvalue weighted by Crippen LogP contribution is 2.20. The Labute approximate surface area is 142 Å². The standard InChI is InChI=1S/C17H25N5O2/c1-12(2)17-19-16(20-24-17)11-22(13(3)23)15-5-7-21(10-15)9-14-4-6-18-8-14/h4,6,8,12,15,18H,5,7,9-11H2,1-3H3. The zero-order valence-electron chi connectivity index (χ0n) is 14.5. The van der Waals surface area contributed by atoms with Gasteiger partial charge in [-0.1, -0.05) is 19.0 Å².